The molecule has 0 atom stereocenters. The van der Waals surface area contributed by atoms with Crippen molar-refractivity contribution in [2.75, 3.05) is 25.1 Å². The third-order valence-corrected chi connectivity index (χ3v) is 2.51. The first kappa shape index (κ1) is 15.9. The highest BCUT2D eigenvalue weighted by Gasteiger charge is 2.07. The van der Waals surface area contributed by atoms with Gasteiger partial charge in [0.05, 0.1) is 11.6 Å². The van der Waals surface area contributed by atoms with Gasteiger partial charge in [-0.2, -0.15) is 0 Å². The zero-order valence-electron chi connectivity index (χ0n) is 9.79. The van der Waals surface area contributed by atoms with Crippen molar-refractivity contribution < 1.29 is 8.42 Å². The summed E-state index contributed by atoms with van der Waals surface area (Å²) in [6.45, 7) is 8.67. The van der Waals surface area contributed by atoms with E-state index in [-0.39, 0.29) is 5.75 Å². The Labute approximate surface area is 87.7 Å². The summed E-state index contributed by atoms with van der Waals surface area (Å²) < 4.78 is 21.6. The monoisotopic (exact) mass is 222 g/mol. The summed E-state index contributed by atoms with van der Waals surface area (Å²) in [4.78, 5) is 1.72. The zero-order chi connectivity index (χ0) is 11.8. The van der Waals surface area contributed by atoms with Crippen molar-refractivity contribution in [1.82, 2.24) is 4.90 Å². The summed E-state index contributed by atoms with van der Waals surface area (Å²) in [6.07, 6.45) is 1.21. The molecule has 0 aromatic carbocycles. The van der Waals surface area contributed by atoms with Crippen LogP contribution < -0.4 is 0 Å². The molecule has 5 heteroatoms. The number of nitrogens with one attached hydrogen (secondary N) is 1. The molecular weight excluding hydrogens is 200 g/mol. The fraction of sp³-hybridized carbons (Fsp3) is 0.889. The van der Waals surface area contributed by atoms with E-state index < -0.39 is 9.84 Å². The lowest BCUT2D eigenvalue weighted by molar-refractivity contribution is 0.458. The van der Waals surface area contributed by atoms with Crippen LogP contribution in [0.25, 0.3) is 0 Å². The largest absolute Gasteiger partial charge is 0.360 e. The van der Waals surface area contributed by atoms with Gasteiger partial charge in [-0.15, -0.1) is 0 Å². The molecule has 86 valence electrons. The Morgan fingerprint density at radius 3 is 2.00 bits per heavy atom. The SMILES string of the molecule is CC.CCN(CCS(C)(=O)=O)C(C)=N. The summed E-state index contributed by atoms with van der Waals surface area (Å²) in [6, 6.07) is 0. The van der Waals surface area contributed by atoms with Gasteiger partial charge in [0.15, 0.2) is 0 Å². The highest BCUT2D eigenvalue weighted by molar-refractivity contribution is 7.90. The number of rotatable bonds is 4. The molecule has 1 N–H and O–H groups in total. The summed E-state index contributed by atoms with van der Waals surface area (Å²) >= 11 is 0. The van der Waals surface area contributed by atoms with Crippen LogP contribution in [0.2, 0.25) is 0 Å². The van der Waals surface area contributed by atoms with Crippen molar-refractivity contribution in [2.24, 2.45) is 0 Å². The van der Waals surface area contributed by atoms with Crippen LogP contribution in [-0.2, 0) is 9.84 Å². The van der Waals surface area contributed by atoms with Gasteiger partial charge in [-0.25, -0.2) is 8.42 Å². The highest BCUT2D eigenvalue weighted by Crippen LogP contribution is 1.91. The smallest absolute Gasteiger partial charge is 0.149 e. The normalized spacial score (nSPS) is 10.1. The van der Waals surface area contributed by atoms with E-state index in [4.69, 9.17) is 5.41 Å². The van der Waals surface area contributed by atoms with E-state index >= 15 is 0 Å². The van der Waals surface area contributed by atoms with Gasteiger partial charge in [0.2, 0.25) is 0 Å². The van der Waals surface area contributed by atoms with Crippen molar-refractivity contribution in [3.8, 4) is 0 Å². The van der Waals surface area contributed by atoms with E-state index in [0.717, 1.165) is 0 Å². The van der Waals surface area contributed by atoms with Crippen molar-refractivity contribution in [3.05, 3.63) is 0 Å². The molecule has 0 heterocycles. The van der Waals surface area contributed by atoms with Gasteiger partial charge in [0.25, 0.3) is 0 Å². The molecule has 0 aliphatic rings. The maximum atomic E-state index is 10.8. The Hall–Kier alpha value is -0.580. The van der Waals surface area contributed by atoms with Crippen LogP contribution in [-0.4, -0.2) is 44.3 Å². The lowest BCUT2D eigenvalue weighted by Gasteiger charge is -2.20. The first-order valence-electron chi connectivity index (χ1n) is 4.84. The molecule has 14 heavy (non-hydrogen) atoms. The molecule has 0 amide bonds. The molecule has 0 saturated carbocycles. The Morgan fingerprint density at radius 2 is 1.79 bits per heavy atom. The summed E-state index contributed by atoms with van der Waals surface area (Å²) in [7, 11) is -2.90. The third-order valence-electron chi connectivity index (χ3n) is 1.59. The number of hydrogen-bond donors (Lipinski definition) is 1. The fourth-order valence-electron chi connectivity index (χ4n) is 0.839. The lowest BCUT2D eigenvalue weighted by Crippen LogP contribution is -2.32. The minimum absolute atomic E-state index is 0.122. The van der Waals surface area contributed by atoms with Gasteiger partial charge in [0.1, 0.15) is 9.84 Å². The van der Waals surface area contributed by atoms with Gasteiger partial charge in [0, 0.05) is 19.3 Å². The van der Waals surface area contributed by atoms with Crippen molar-refractivity contribution in [3.63, 3.8) is 0 Å². The Morgan fingerprint density at radius 1 is 1.36 bits per heavy atom. The van der Waals surface area contributed by atoms with E-state index in [9.17, 15) is 8.42 Å². The molecule has 0 spiro atoms. The molecule has 0 saturated heterocycles. The average Bonchev–Trinajstić information content (AvgIpc) is 2.06. The fourth-order valence-corrected chi connectivity index (χ4v) is 1.39. The predicted molar refractivity (Wildman–Crippen MR) is 61.7 cm³/mol. The average molecular weight is 222 g/mol. The molecule has 0 unspecified atom stereocenters. The Balaban J connectivity index is 0. The van der Waals surface area contributed by atoms with E-state index in [2.05, 4.69) is 0 Å². The quantitative estimate of drug-likeness (QED) is 0.577. The minimum Gasteiger partial charge on any atom is -0.360 e. The van der Waals surface area contributed by atoms with Gasteiger partial charge < -0.3 is 4.90 Å². The van der Waals surface area contributed by atoms with Crippen LogP contribution in [0.4, 0.5) is 0 Å². The van der Waals surface area contributed by atoms with E-state index in [1.54, 1.807) is 11.8 Å². The van der Waals surface area contributed by atoms with Gasteiger partial charge >= 0.3 is 0 Å². The standard InChI is InChI=1S/C7H16N2O2S.C2H6/c1-4-9(7(2)8)5-6-12(3,10)11;1-2/h8H,4-6H2,1-3H3;1-2H3. The summed E-state index contributed by atoms with van der Waals surface area (Å²) in [5.41, 5.74) is 0. The molecule has 0 aliphatic heterocycles. The summed E-state index contributed by atoms with van der Waals surface area (Å²) in [5.74, 6) is 0.540. The molecule has 0 bridgehead atoms. The van der Waals surface area contributed by atoms with Gasteiger partial charge in [-0.05, 0) is 13.8 Å². The molecule has 4 nitrogen and oxygen atoms in total. The Kier molecular flexibility index (Phi) is 8.83. The van der Waals surface area contributed by atoms with Crippen LogP contribution >= 0.6 is 0 Å². The van der Waals surface area contributed by atoms with Crippen LogP contribution in [0, 0.1) is 5.41 Å². The van der Waals surface area contributed by atoms with E-state index in [1.807, 2.05) is 20.8 Å². The molecule has 0 aromatic rings. The molecule has 0 aliphatic carbocycles. The molecule has 0 radical (unpaired) electrons. The van der Waals surface area contributed by atoms with Crippen molar-refractivity contribution in [2.45, 2.75) is 27.7 Å². The summed E-state index contributed by atoms with van der Waals surface area (Å²) in [5, 5.41) is 7.29. The second-order valence-corrected chi connectivity index (χ2v) is 5.05. The van der Waals surface area contributed by atoms with E-state index in [0.29, 0.717) is 18.9 Å². The molecule has 0 fully saturated rings. The maximum Gasteiger partial charge on any atom is 0.149 e. The third kappa shape index (κ3) is 9.51. The van der Waals surface area contributed by atoms with Gasteiger partial charge in [-0.1, -0.05) is 13.8 Å². The number of nitrogens with zero attached hydrogens (tertiary/aromatic N) is 1. The Bertz CT molecular complexity index is 248. The minimum atomic E-state index is -2.90. The highest BCUT2D eigenvalue weighted by atomic mass is 32.2. The number of sulfone groups is 1. The molecular formula is C9H22N2O2S. The van der Waals surface area contributed by atoms with Crippen LogP contribution in [0.5, 0.6) is 0 Å². The second kappa shape index (κ2) is 7.79. The first-order valence-corrected chi connectivity index (χ1v) is 6.90. The number of hydrogen-bond acceptors (Lipinski definition) is 3. The molecule has 0 rings (SSSR count). The zero-order valence-corrected chi connectivity index (χ0v) is 10.6. The molecule has 0 aromatic heterocycles. The van der Waals surface area contributed by atoms with Gasteiger partial charge in [-0.3, -0.25) is 5.41 Å². The van der Waals surface area contributed by atoms with Crippen molar-refractivity contribution >= 4 is 15.7 Å². The second-order valence-electron chi connectivity index (χ2n) is 2.79. The predicted octanol–water partition coefficient (Wildman–Crippen LogP) is 1.38. The lowest BCUT2D eigenvalue weighted by atomic mass is 10.5. The number of amidine groups is 1. The topological polar surface area (TPSA) is 61.2 Å². The van der Waals surface area contributed by atoms with Crippen molar-refractivity contribution in [1.29, 1.82) is 5.41 Å². The van der Waals surface area contributed by atoms with E-state index in [1.165, 1.54) is 6.26 Å². The van der Waals surface area contributed by atoms with Crippen LogP contribution in [0.1, 0.15) is 27.7 Å². The maximum absolute atomic E-state index is 10.8. The van der Waals surface area contributed by atoms with Crippen LogP contribution in [0.15, 0.2) is 0 Å². The first-order chi connectivity index (χ1) is 6.37. The van der Waals surface area contributed by atoms with Crippen LogP contribution in [0.3, 0.4) is 0 Å².